The number of anilines is 1. The summed E-state index contributed by atoms with van der Waals surface area (Å²) in [6.07, 6.45) is 5.35. The number of ether oxygens (including phenoxy) is 1. The highest BCUT2D eigenvalue weighted by Gasteiger charge is 2.43. The van der Waals surface area contributed by atoms with Gasteiger partial charge in [-0.15, -0.1) is 11.3 Å². The molecule has 4 rings (SSSR count). The Balaban J connectivity index is 1.50. The maximum Gasteiger partial charge on any atom is 0.410 e. The fourth-order valence-corrected chi connectivity index (χ4v) is 5.18. The zero-order valence-electron chi connectivity index (χ0n) is 16.4. The smallest absolute Gasteiger partial charge is 0.410 e. The van der Waals surface area contributed by atoms with E-state index in [4.69, 9.17) is 4.74 Å². The predicted molar refractivity (Wildman–Crippen MR) is 108 cm³/mol. The topological polar surface area (TPSA) is 95.3 Å². The third kappa shape index (κ3) is 3.96. The number of aromatic nitrogens is 1. The van der Waals surface area contributed by atoms with Crippen molar-refractivity contribution in [2.45, 2.75) is 57.7 Å². The van der Waals surface area contributed by atoms with Crippen LogP contribution in [-0.2, 0) is 28.9 Å². The zero-order valence-corrected chi connectivity index (χ0v) is 17.2. The maximum absolute atomic E-state index is 12.4. The summed E-state index contributed by atoms with van der Waals surface area (Å²) in [5.74, 6) is -0.137. The second-order valence-electron chi connectivity index (χ2n) is 8.05. The predicted octanol–water partition coefficient (Wildman–Crippen LogP) is 3.63. The molecule has 0 aromatic carbocycles. The molecule has 8 heteroatoms. The van der Waals surface area contributed by atoms with Gasteiger partial charge in [-0.25, -0.2) is 4.79 Å². The Bertz CT molecular complexity index is 993. The van der Waals surface area contributed by atoms with Crippen LogP contribution in [-0.4, -0.2) is 33.5 Å². The SMILES string of the molecule is CC1(C)CC2Cc3c(sc(NC(=O)CCc4cccnc4)c3C#N)CN2C(=O)O1. The van der Waals surface area contributed by atoms with Crippen LogP contribution in [0.4, 0.5) is 9.80 Å². The third-order valence-corrected chi connectivity index (χ3v) is 6.47. The van der Waals surface area contributed by atoms with Gasteiger partial charge in [-0.05, 0) is 43.9 Å². The summed E-state index contributed by atoms with van der Waals surface area (Å²) in [4.78, 5) is 31.5. The number of carbonyl (C=O) groups is 2. The van der Waals surface area contributed by atoms with E-state index in [0.29, 0.717) is 42.8 Å². The van der Waals surface area contributed by atoms with Crippen LogP contribution in [0.1, 0.15) is 48.3 Å². The Morgan fingerprint density at radius 1 is 1.52 bits per heavy atom. The first-order chi connectivity index (χ1) is 13.9. The van der Waals surface area contributed by atoms with Gasteiger partial charge in [0.05, 0.1) is 12.1 Å². The van der Waals surface area contributed by atoms with Gasteiger partial charge >= 0.3 is 6.09 Å². The van der Waals surface area contributed by atoms with Crippen molar-refractivity contribution in [1.29, 1.82) is 5.26 Å². The standard InChI is InChI=1S/C21H22N4O3S/c1-21(2)9-14-8-15-16(10-22)19(29-17(15)12-25(14)20(27)28-21)24-18(26)6-5-13-4-3-7-23-11-13/h3-4,7,11,14H,5-6,8-9,12H2,1-2H3,(H,24,26). The summed E-state index contributed by atoms with van der Waals surface area (Å²) in [6, 6.07) is 6.05. The largest absolute Gasteiger partial charge is 0.443 e. The summed E-state index contributed by atoms with van der Waals surface area (Å²) >= 11 is 1.38. The first-order valence-electron chi connectivity index (χ1n) is 9.59. The summed E-state index contributed by atoms with van der Waals surface area (Å²) in [5.41, 5.74) is 1.96. The van der Waals surface area contributed by atoms with Crippen molar-refractivity contribution in [2.75, 3.05) is 5.32 Å². The highest BCUT2D eigenvalue weighted by atomic mass is 32.1. The van der Waals surface area contributed by atoms with Crippen molar-refractivity contribution in [3.05, 3.63) is 46.1 Å². The number of amides is 2. The van der Waals surface area contributed by atoms with Gasteiger partial charge in [0, 0.05) is 36.2 Å². The first-order valence-corrected chi connectivity index (χ1v) is 10.4. The number of thiophene rings is 1. The van der Waals surface area contributed by atoms with E-state index in [0.717, 1.165) is 16.0 Å². The van der Waals surface area contributed by atoms with E-state index in [2.05, 4.69) is 16.4 Å². The molecule has 1 unspecified atom stereocenters. The van der Waals surface area contributed by atoms with Crippen LogP contribution in [0.15, 0.2) is 24.5 Å². The van der Waals surface area contributed by atoms with Crippen LogP contribution in [0.2, 0.25) is 0 Å². The van der Waals surface area contributed by atoms with Gasteiger partial charge < -0.3 is 10.1 Å². The normalized spacial score (nSPS) is 19.6. The van der Waals surface area contributed by atoms with Crippen molar-refractivity contribution in [3.8, 4) is 6.07 Å². The molecule has 0 spiro atoms. The van der Waals surface area contributed by atoms with Crippen molar-refractivity contribution in [3.63, 3.8) is 0 Å². The minimum absolute atomic E-state index is 0.00887. The number of aryl methyl sites for hydroxylation is 1. The van der Waals surface area contributed by atoms with Crippen LogP contribution >= 0.6 is 11.3 Å². The number of nitrogens with one attached hydrogen (secondary N) is 1. The molecule has 2 amide bonds. The number of hydrogen-bond donors (Lipinski definition) is 1. The Labute approximate surface area is 173 Å². The summed E-state index contributed by atoms with van der Waals surface area (Å²) in [7, 11) is 0. The lowest BCUT2D eigenvalue weighted by Crippen LogP contribution is -2.54. The molecule has 2 aromatic heterocycles. The molecule has 2 aromatic rings. The molecule has 1 atom stereocenters. The number of hydrogen-bond acceptors (Lipinski definition) is 6. The van der Waals surface area contributed by atoms with Crippen LogP contribution in [0.5, 0.6) is 0 Å². The molecule has 0 aliphatic carbocycles. The second-order valence-corrected chi connectivity index (χ2v) is 9.15. The van der Waals surface area contributed by atoms with Gasteiger partial charge in [0.2, 0.25) is 5.91 Å². The number of rotatable bonds is 4. The highest BCUT2D eigenvalue weighted by Crippen LogP contribution is 2.42. The van der Waals surface area contributed by atoms with Crippen molar-refractivity contribution in [2.24, 2.45) is 0 Å². The zero-order chi connectivity index (χ0) is 20.6. The van der Waals surface area contributed by atoms with Gasteiger partial charge in [0.25, 0.3) is 0 Å². The number of nitrogens with zero attached hydrogens (tertiary/aromatic N) is 3. The number of pyridine rings is 1. The molecule has 4 heterocycles. The molecule has 29 heavy (non-hydrogen) atoms. The van der Waals surface area contributed by atoms with Gasteiger partial charge in [-0.2, -0.15) is 5.26 Å². The van der Waals surface area contributed by atoms with E-state index in [1.54, 1.807) is 17.3 Å². The minimum Gasteiger partial charge on any atom is -0.443 e. The molecule has 0 saturated carbocycles. The average molecular weight is 410 g/mol. The van der Waals surface area contributed by atoms with E-state index in [9.17, 15) is 14.9 Å². The third-order valence-electron chi connectivity index (χ3n) is 5.34. The van der Waals surface area contributed by atoms with Crippen LogP contribution in [0.3, 0.4) is 0 Å². The molecule has 0 bridgehead atoms. The summed E-state index contributed by atoms with van der Waals surface area (Å²) in [6.45, 7) is 4.23. The highest BCUT2D eigenvalue weighted by molar-refractivity contribution is 7.16. The molecular weight excluding hydrogens is 388 g/mol. The van der Waals surface area contributed by atoms with E-state index < -0.39 is 5.60 Å². The van der Waals surface area contributed by atoms with Gasteiger partial charge in [-0.3, -0.25) is 14.7 Å². The van der Waals surface area contributed by atoms with Crippen molar-refractivity contribution in [1.82, 2.24) is 9.88 Å². The molecule has 150 valence electrons. The first kappa shape index (κ1) is 19.4. The second kappa shape index (κ2) is 7.48. The van der Waals surface area contributed by atoms with Crippen LogP contribution < -0.4 is 5.32 Å². The number of cyclic esters (lactones) is 1. The van der Waals surface area contributed by atoms with E-state index in [1.165, 1.54) is 11.3 Å². The Morgan fingerprint density at radius 2 is 2.34 bits per heavy atom. The molecule has 2 aliphatic rings. The minimum atomic E-state index is -0.512. The molecule has 7 nitrogen and oxygen atoms in total. The molecular formula is C21H22N4O3S. The van der Waals surface area contributed by atoms with E-state index >= 15 is 0 Å². The molecule has 1 saturated heterocycles. The Hall–Kier alpha value is -2.92. The van der Waals surface area contributed by atoms with Crippen LogP contribution in [0, 0.1) is 11.3 Å². The number of carbonyl (C=O) groups excluding carboxylic acids is 2. The maximum atomic E-state index is 12.4. The van der Waals surface area contributed by atoms with Gasteiger partial charge in [0.1, 0.15) is 16.7 Å². The lowest BCUT2D eigenvalue weighted by Gasteiger charge is -2.44. The molecule has 1 fully saturated rings. The van der Waals surface area contributed by atoms with Crippen molar-refractivity contribution < 1.29 is 14.3 Å². The molecule has 0 radical (unpaired) electrons. The number of fused-ring (bicyclic) bond motifs is 2. The fourth-order valence-electron chi connectivity index (χ4n) is 3.98. The van der Waals surface area contributed by atoms with Crippen LogP contribution in [0.25, 0.3) is 0 Å². The van der Waals surface area contributed by atoms with Gasteiger partial charge in [0.15, 0.2) is 0 Å². The lowest BCUT2D eigenvalue weighted by molar-refractivity contribution is -0.116. The Morgan fingerprint density at radius 3 is 3.07 bits per heavy atom. The fraction of sp³-hybridized carbons (Fsp3) is 0.429. The average Bonchev–Trinajstić information content (AvgIpc) is 3.01. The number of nitriles is 1. The summed E-state index contributed by atoms with van der Waals surface area (Å²) < 4.78 is 5.51. The molecule has 1 N–H and O–H groups in total. The van der Waals surface area contributed by atoms with Gasteiger partial charge in [-0.1, -0.05) is 6.07 Å². The quantitative estimate of drug-likeness (QED) is 0.830. The van der Waals surface area contributed by atoms with E-state index in [-0.39, 0.29) is 18.0 Å². The van der Waals surface area contributed by atoms with E-state index in [1.807, 2.05) is 26.0 Å². The lowest BCUT2D eigenvalue weighted by atomic mass is 9.88. The Kier molecular flexibility index (Phi) is 5.01. The molecule has 2 aliphatic heterocycles. The van der Waals surface area contributed by atoms with Crippen molar-refractivity contribution >= 4 is 28.3 Å². The monoisotopic (exact) mass is 410 g/mol. The summed E-state index contributed by atoms with van der Waals surface area (Å²) in [5, 5.41) is 13.2.